The molecule has 108 valence electrons. The number of furan rings is 1. The SMILES string of the molecule is O=C(COC(=O)/C=C/c1ccco1)NCc1ccccc1. The van der Waals surface area contributed by atoms with Gasteiger partial charge in [-0.1, -0.05) is 30.3 Å². The zero-order valence-electron chi connectivity index (χ0n) is 11.3. The minimum Gasteiger partial charge on any atom is -0.465 e. The maximum atomic E-state index is 11.5. The molecule has 5 nitrogen and oxygen atoms in total. The Bertz CT molecular complexity index is 602. The predicted molar refractivity (Wildman–Crippen MR) is 77.0 cm³/mol. The van der Waals surface area contributed by atoms with E-state index < -0.39 is 5.97 Å². The van der Waals surface area contributed by atoms with Crippen molar-refractivity contribution >= 4 is 18.0 Å². The molecule has 0 bridgehead atoms. The summed E-state index contributed by atoms with van der Waals surface area (Å²) in [5, 5.41) is 2.67. The van der Waals surface area contributed by atoms with Gasteiger partial charge in [-0.25, -0.2) is 4.79 Å². The normalized spacial score (nSPS) is 10.5. The summed E-state index contributed by atoms with van der Waals surface area (Å²) in [6.07, 6.45) is 4.19. The van der Waals surface area contributed by atoms with Crippen LogP contribution in [0.4, 0.5) is 0 Å². The quantitative estimate of drug-likeness (QED) is 0.652. The molecule has 2 rings (SSSR count). The molecule has 0 saturated carbocycles. The number of carbonyl (C=O) groups excluding carboxylic acids is 2. The molecule has 0 radical (unpaired) electrons. The molecule has 0 spiro atoms. The van der Waals surface area contributed by atoms with Gasteiger partial charge in [0.2, 0.25) is 0 Å². The summed E-state index contributed by atoms with van der Waals surface area (Å²) in [6.45, 7) is 0.0909. The number of esters is 1. The Kier molecular flexibility index (Phi) is 5.34. The third kappa shape index (κ3) is 5.36. The lowest BCUT2D eigenvalue weighted by molar-refractivity contribution is -0.143. The van der Waals surface area contributed by atoms with Gasteiger partial charge in [-0.3, -0.25) is 4.79 Å². The summed E-state index contributed by atoms with van der Waals surface area (Å²) >= 11 is 0. The molecular weight excluding hydrogens is 270 g/mol. The summed E-state index contributed by atoms with van der Waals surface area (Å²) in [7, 11) is 0. The third-order valence-corrected chi connectivity index (χ3v) is 2.60. The molecule has 5 heteroatoms. The van der Waals surface area contributed by atoms with E-state index in [0.717, 1.165) is 5.56 Å². The summed E-state index contributed by atoms with van der Waals surface area (Å²) in [5.74, 6) is -0.402. The van der Waals surface area contributed by atoms with E-state index in [1.807, 2.05) is 30.3 Å². The molecule has 1 N–H and O–H groups in total. The van der Waals surface area contributed by atoms with E-state index in [9.17, 15) is 9.59 Å². The standard InChI is InChI=1S/C16H15NO4/c18-15(17-11-13-5-2-1-3-6-13)12-21-16(19)9-8-14-7-4-10-20-14/h1-10H,11-12H2,(H,17,18)/b9-8+. The van der Waals surface area contributed by atoms with Crippen LogP contribution in [0.5, 0.6) is 0 Å². The van der Waals surface area contributed by atoms with Crippen LogP contribution in [-0.4, -0.2) is 18.5 Å². The number of benzene rings is 1. The number of hydrogen-bond acceptors (Lipinski definition) is 4. The highest BCUT2D eigenvalue weighted by atomic mass is 16.5. The van der Waals surface area contributed by atoms with Gasteiger partial charge >= 0.3 is 5.97 Å². The second-order valence-electron chi connectivity index (χ2n) is 4.22. The summed E-state index contributed by atoms with van der Waals surface area (Å²) < 4.78 is 9.83. The van der Waals surface area contributed by atoms with Gasteiger partial charge in [0.05, 0.1) is 6.26 Å². The number of ether oxygens (including phenoxy) is 1. The predicted octanol–water partition coefficient (Wildman–Crippen LogP) is 2.15. The van der Waals surface area contributed by atoms with Crippen molar-refractivity contribution < 1.29 is 18.7 Å². The van der Waals surface area contributed by atoms with Crippen molar-refractivity contribution in [1.82, 2.24) is 5.32 Å². The van der Waals surface area contributed by atoms with Crippen LogP contribution in [0.2, 0.25) is 0 Å². The molecule has 1 amide bonds. The van der Waals surface area contributed by atoms with Crippen LogP contribution in [0, 0.1) is 0 Å². The van der Waals surface area contributed by atoms with E-state index in [0.29, 0.717) is 12.3 Å². The number of carbonyl (C=O) groups is 2. The second kappa shape index (κ2) is 7.69. The molecule has 1 aromatic carbocycles. The van der Waals surface area contributed by atoms with Gasteiger partial charge in [0, 0.05) is 12.6 Å². The van der Waals surface area contributed by atoms with E-state index in [1.54, 1.807) is 12.1 Å². The van der Waals surface area contributed by atoms with Crippen LogP contribution in [-0.2, 0) is 20.9 Å². The zero-order chi connectivity index (χ0) is 14.9. The van der Waals surface area contributed by atoms with Gasteiger partial charge in [-0.15, -0.1) is 0 Å². The molecule has 0 saturated heterocycles. The Labute approximate surface area is 122 Å². The highest BCUT2D eigenvalue weighted by molar-refractivity contribution is 5.88. The van der Waals surface area contributed by atoms with Crippen LogP contribution in [0.15, 0.2) is 59.2 Å². The maximum absolute atomic E-state index is 11.5. The Hall–Kier alpha value is -2.82. The average molecular weight is 285 g/mol. The Morgan fingerprint density at radius 3 is 2.67 bits per heavy atom. The van der Waals surface area contributed by atoms with Gasteiger partial charge in [0.15, 0.2) is 6.61 Å². The number of amides is 1. The van der Waals surface area contributed by atoms with Crippen LogP contribution < -0.4 is 5.32 Å². The summed E-state index contributed by atoms with van der Waals surface area (Å²) in [6, 6.07) is 12.9. The Morgan fingerprint density at radius 2 is 1.95 bits per heavy atom. The molecule has 0 unspecified atom stereocenters. The molecule has 0 aliphatic heterocycles. The zero-order valence-corrected chi connectivity index (χ0v) is 11.3. The highest BCUT2D eigenvalue weighted by Gasteiger charge is 2.04. The minimum atomic E-state index is -0.596. The maximum Gasteiger partial charge on any atom is 0.331 e. The fourth-order valence-electron chi connectivity index (χ4n) is 1.57. The molecule has 1 heterocycles. The molecule has 0 fully saturated rings. The summed E-state index contributed by atoms with van der Waals surface area (Å²) in [5.41, 5.74) is 0.981. The molecule has 0 aliphatic rings. The topological polar surface area (TPSA) is 68.5 Å². The van der Waals surface area contributed by atoms with Crippen LogP contribution in [0.25, 0.3) is 6.08 Å². The second-order valence-corrected chi connectivity index (χ2v) is 4.22. The summed E-state index contributed by atoms with van der Waals surface area (Å²) in [4.78, 5) is 22.9. The van der Waals surface area contributed by atoms with Crippen molar-refractivity contribution in [2.24, 2.45) is 0 Å². The first-order chi connectivity index (χ1) is 10.2. The lowest BCUT2D eigenvalue weighted by Crippen LogP contribution is -2.28. The van der Waals surface area contributed by atoms with Gasteiger partial charge in [-0.2, -0.15) is 0 Å². The minimum absolute atomic E-state index is 0.311. The van der Waals surface area contributed by atoms with E-state index in [-0.39, 0.29) is 12.5 Å². The van der Waals surface area contributed by atoms with E-state index >= 15 is 0 Å². The Balaban J connectivity index is 1.68. The van der Waals surface area contributed by atoms with Gasteiger partial charge in [0.25, 0.3) is 5.91 Å². The van der Waals surface area contributed by atoms with Crippen molar-refractivity contribution in [3.8, 4) is 0 Å². The monoisotopic (exact) mass is 285 g/mol. The van der Waals surface area contributed by atoms with Gasteiger partial charge in [-0.05, 0) is 23.8 Å². The smallest absolute Gasteiger partial charge is 0.331 e. The first-order valence-electron chi connectivity index (χ1n) is 6.43. The van der Waals surface area contributed by atoms with Gasteiger partial charge < -0.3 is 14.5 Å². The van der Waals surface area contributed by atoms with Crippen molar-refractivity contribution in [3.63, 3.8) is 0 Å². The number of nitrogens with one attached hydrogen (secondary N) is 1. The number of rotatable bonds is 6. The van der Waals surface area contributed by atoms with Crippen molar-refractivity contribution in [1.29, 1.82) is 0 Å². The fourth-order valence-corrected chi connectivity index (χ4v) is 1.57. The first-order valence-corrected chi connectivity index (χ1v) is 6.43. The highest BCUT2D eigenvalue weighted by Crippen LogP contribution is 2.02. The van der Waals surface area contributed by atoms with E-state index in [2.05, 4.69) is 5.32 Å². The van der Waals surface area contributed by atoms with Crippen LogP contribution in [0.3, 0.4) is 0 Å². The molecule has 1 aromatic heterocycles. The third-order valence-electron chi connectivity index (χ3n) is 2.60. The Morgan fingerprint density at radius 1 is 1.14 bits per heavy atom. The van der Waals surface area contributed by atoms with Crippen molar-refractivity contribution in [2.45, 2.75) is 6.54 Å². The molecule has 0 atom stereocenters. The van der Waals surface area contributed by atoms with Gasteiger partial charge in [0.1, 0.15) is 5.76 Å². The van der Waals surface area contributed by atoms with E-state index in [1.165, 1.54) is 18.4 Å². The van der Waals surface area contributed by atoms with Crippen molar-refractivity contribution in [2.75, 3.05) is 6.61 Å². The van der Waals surface area contributed by atoms with Crippen molar-refractivity contribution in [3.05, 3.63) is 66.1 Å². The number of hydrogen-bond donors (Lipinski definition) is 1. The lowest BCUT2D eigenvalue weighted by Gasteiger charge is -2.05. The first kappa shape index (κ1) is 14.6. The van der Waals surface area contributed by atoms with Crippen LogP contribution in [0.1, 0.15) is 11.3 Å². The largest absolute Gasteiger partial charge is 0.465 e. The molecule has 2 aromatic rings. The molecule has 0 aliphatic carbocycles. The van der Waals surface area contributed by atoms with Crippen LogP contribution >= 0.6 is 0 Å². The average Bonchev–Trinajstić information content (AvgIpc) is 3.03. The fraction of sp³-hybridized carbons (Fsp3) is 0.125. The lowest BCUT2D eigenvalue weighted by atomic mass is 10.2. The molecule has 21 heavy (non-hydrogen) atoms. The molecular formula is C16H15NO4. The van der Waals surface area contributed by atoms with E-state index in [4.69, 9.17) is 9.15 Å².